The van der Waals surface area contributed by atoms with Crippen molar-refractivity contribution >= 4 is 12.6 Å². The summed E-state index contributed by atoms with van der Waals surface area (Å²) in [6.07, 6.45) is 0. The Morgan fingerprint density at radius 1 is 1.17 bits per heavy atom. The van der Waals surface area contributed by atoms with Gasteiger partial charge in [0, 0.05) is 4.75 Å². The first-order chi connectivity index (χ1) is 2.00. The standard InChI is InChI=1S/C4H10S.Hg/c1-4(2,3)5;/h5H,1-3H3;/q;+2. The van der Waals surface area contributed by atoms with Gasteiger partial charge in [-0.05, 0) is 0 Å². The van der Waals surface area contributed by atoms with E-state index in [1.807, 2.05) is 0 Å². The molecule has 0 N–H and O–H groups in total. The average Bonchev–Trinajstić information content (AvgIpc) is 0.722. The molecule has 0 fully saturated rings. The molecule has 0 rings (SSSR count). The molecule has 0 bridgehead atoms. The fourth-order valence-corrected chi connectivity index (χ4v) is 0. The van der Waals surface area contributed by atoms with Crippen molar-refractivity contribution in [2.45, 2.75) is 25.5 Å². The van der Waals surface area contributed by atoms with E-state index in [-0.39, 0.29) is 32.4 Å². The Kier molecular flexibility index (Phi) is 5.68. The molecule has 0 nitrogen and oxygen atoms in total. The maximum absolute atomic E-state index is 4.12. The molecule has 0 aromatic heterocycles. The monoisotopic (exact) mass is 292 g/mol. The van der Waals surface area contributed by atoms with E-state index in [0.29, 0.717) is 0 Å². The number of hydrogen-bond donors (Lipinski definition) is 1. The van der Waals surface area contributed by atoms with Gasteiger partial charge >= 0.3 is 27.7 Å². The van der Waals surface area contributed by atoms with Crippen molar-refractivity contribution in [1.29, 1.82) is 0 Å². The molecule has 0 unspecified atom stereocenters. The van der Waals surface area contributed by atoms with Crippen molar-refractivity contribution in [3.05, 3.63) is 0 Å². The molecule has 0 aliphatic rings. The molecule has 0 atom stereocenters. The van der Waals surface area contributed by atoms with Crippen LogP contribution in [-0.4, -0.2) is 4.75 Å². The van der Waals surface area contributed by atoms with Gasteiger partial charge in [0.05, 0.1) is 0 Å². The predicted octanol–water partition coefficient (Wildman–Crippen LogP) is 1.71. The third kappa shape index (κ3) is 58.8. The van der Waals surface area contributed by atoms with E-state index in [0.717, 1.165) is 0 Å². The second kappa shape index (κ2) is 3.31. The Morgan fingerprint density at radius 3 is 1.17 bits per heavy atom. The summed E-state index contributed by atoms with van der Waals surface area (Å²) in [5.74, 6) is 0. The Labute approximate surface area is 65.6 Å². The van der Waals surface area contributed by atoms with E-state index in [2.05, 4.69) is 33.4 Å². The first-order valence-corrected chi connectivity index (χ1v) is 2.17. The molecule has 0 saturated carbocycles. The van der Waals surface area contributed by atoms with Crippen LogP contribution in [0.5, 0.6) is 0 Å². The van der Waals surface area contributed by atoms with Gasteiger partial charge in [-0.25, -0.2) is 0 Å². The van der Waals surface area contributed by atoms with Crippen LogP contribution in [0.25, 0.3) is 0 Å². The summed E-state index contributed by atoms with van der Waals surface area (Å²) >= 11 is 4.12. The summed E-state index contributed by atoms with van der Waals surface area (Å²) in [7, 11) is 0. The molecule has 0 heterocycles. The zero-order chi connectivity index (χ0) is 4.50. The number of thiol groups is 1. The van der Waals surface area contributed by atoms with Crippen LogP contribution in [0.4, 0.5) is 0 Å². The minimum absolute atomic E-state index is 0. The molecular formula is C4H10HgS+2. The quantitative estimate of drug-likeness (QED) is 0.510. The van der Waals surface area contributed by atoms with Crippen LogP contribution in [0, 0.1) is 0 Å². The molecule has 0 amide bonds. The molecule has 6 heavy (non-hydrogen) atoms. The molecule has 0 aliphatic carbocycles. The average molecular weight is 291 g/mol. The van der Waals surface area contributed by atoms with Crippen molar-refractivity contribution < 1.29 is 27.7 Å². The van der Waals surface area contributed by atoms with Crippen LogP contribution < -0.4 is 0 Å². The summed E-state index contributed by atoms with van der Waals surface area (Å²) in [6.45, 7) is 6.16. The van der Waals surface area contributed by atoms with Crippen molar-refractivity contribution in [2.75, 3.05) is 0 Å². The third-order valence-corrected chi connectivity index (χ3v) is 0. The second-order valence-electron chi connectivity index (χ2n) is 2.17. The van der Waals surface area contributed by atoms with Crippen molar-refractivity contribution in [3.8, 4) is 0 Å². The second-order valence-corrected chi connectivity index (χ2v) is 3.51. The van der Waals surface area contributed by atoms with Gasteiger partial charge < -0.3 is 0 Å². The van der Waals surface area contributed by atoms with Gasteiger partial charge in [0.2, 0.25) is 0 Å². The SMILES string of the molecule is CC(C)(C)S.[Hg+2]. The van der Waals surface area contributed by atoms with Crippen molar-refractivity contribution in [2.24, 2.45) is 0 Å². The zero-order valence-electron chi connectivity index (χ0n) is 4.65. The molecule has 0 radical (unpaired) electrons. The summed E-state index contributed by atoms with van der Waals surface area (Å²) in [6, 6.07) is 0. The summed E-state index contributed by atoms with van der Waals surface area (Å²) < 4.78 is 0.194. The van der Waals surface area contributed by atoms with Gasteiger partial charge in [-0.3, -0.25) is 0 Å². The first-order valence-electron chi connectivity index (χ1n) is 1.72. The molecule has 0 aromatic carbocycles. The van der Waals surface area contributed by atoms with Gasteiger partial charge in [0.25, 0.3) is 0 Å². The van der Waals surface area contributed by atoms with E-state index in [1.165, 1.54) is 0 Å². The summed E-state index contributed by atoms with van der Waals surface area (Å²) in [5, 5.41) is 0. The van der Waals surface area contributed by atoms with E-state index in [9.17, 15) is 0 Å². The molecule has 32 valence electrons. The van der Waals surface area contributed by atoms with Crippen molar-refractivity contribution in [1.82, 2.24) is 0 Å². The molecular weight excluding hydrogens is 281 g/mol. The smallest absolute Gasteiger partial charge is 0.173 e. The number of rotatable bonds is 0. The zero-order valence-corrected chi connectivity index (χ0v) is 11.0. The van der Waals surface area contributed by atoms with Crippen LogP contribution in [0.2, 0.25) is 0 Å². The maximum atomic E-state index is 4.12. The van der Waals surface area contributed by atoms with Gasteiger partial charge in [-0.15, -0.1) is 0 Å². The van der Waals surface area contributed by atoms with E-state index < -0.39 is 0 Å². The van der Waals surface area contributed by atoms with Gasteiger partial charge in [-0.1, -0.05) is 20.8 Å². The summed E-state index contributed by atoms with van der Waals surface area (Å²) in [5.41, 5.74) is 0. The molecule has 0 spiro atoms. The van der Waals surface area contributed by atoms with E-state index in [4.69, 9.17) is 0 Å². The maximum Gasteiger partial charge on any atom is 2.00 e. The van der Waals surface area contributed by atoms with Crippen LogP contribution >= 0.6 is 12.6 Å². The van der Waals surface area contributed by atoms with E-state index in [1.54, 1.807) is 0 Å². The van der Waals surface area contributed by atoms with E-state index >= 15 is 0 Å². The van der Waals surface area contributed by atoms with Crippen LogP contribution in [0.3, 0.4) is 0 Å². The Hall–Kier alpha value is 1.29. The van der Waals surface area contributed by atoms with Gasteiger partial charge in [0.15, 0.2) is 0 Å². The van der Waals surface area contributed by atoms with Gasteiger partial charge in [0.1, 0.15) is 0 Å². The van der Waals surface area contributed by atoms with Crippen molar-refractivity contribution in [3.63, 3.8) is 0 Å². The Morgan fingerprint density at radius 2 is 1.17 bits per heavy atom. The fourth-order valence-electron chi connectivity index (χ4n) is 0. The topological polar surface area (TPSA) is 0 Å². The fraction of sp³-hybridized carbons (Fsp3) is 1.00. The minimum atomic E-state index is 0. The first kappa shape index (κ1) is 10.3. The van der Waals surface area contributed by atoms with Gasteiger partial charge in [-0.2, -0.15) is 12.6 Å². The normalized spacial score (nSPS) is 10.0. The third-order valence-electron chi connectivity index (χ3n) is 0. The predicted molar refractivity (Wildman–Crippen MR) is 28.7 cm³/mol. The minimum Gasteiger partial charge on any atom is -0.173 e. The molecule has 0 saturated heterocycles. The molecule has 0 aromatic rings. The Bertz CT molecular complexity index is 23.0. The van der Waals surface area contributed by atoms with Crippen LogP contribution in [-0.2, 0) is 27.7 Å². The Balaban J connectivity index is 0. The number of hydrogen-bond acceptors (Lipinski definition) is 1. The van der Waals surface area contributed by atoms with Crippen LogP contribution in [0.1, 0.15) is 20.8 Å². The van der Waals surface area contributed by atoms with Crippen LogP contribution in [0.15, 0.2) is 0 Å². The summed E-state index contributed by atoms with van der Waals surface area (Å²) in [4.78, 5) is 0. The molecule has 2 heteroatoms. The molecule has 0 aliphatic heterocycles. The largest absolute Gasteiger partial charge is 2.00 e.